The van der Waals surface area contributed by atoms with Crippen molar-refractivity contribution in [2.45, 2.75) is 6.42 Å². The Morgan fingerprint density at radius 1 is 1.14 bits per heavy atom. The van der Waals surface area contributed by atoms with Gasteiger partial charge in [-0.3, -0.25) is 14.6 Å². The van der Waals surface area contributed by atoms with Crippen LogP contribution >= 0.6 is 18.9 Å². The highest BCUT2D eigenvalue weighted by Gasteiger charge is 2.37. The zero-order valence-electron chi connectivity index (χ0n) is 11.5. The van der Waals surface area contributed by atoms with Gasteiger partial charge in [0.05, 0.1) is 24.9 Å². The Bertz CT molecular complexity index is 749. The number of nitrogens with zero attached hydrogens (tertiary/aromatic N) is 1. The average Bonchev–Trinajstić information content (AvgIpc) is 2.89. The lowest BCUT2D eigenvalue weighted by Gasteiger charge is -2.08. The van der Waals surface area contributed by atoms with Crippen molar-refractivity contribution in [2.24, 2.45) is 5.92 Å². The SMILES string of the molecule is O=C(c1ccncc1)C1Cc2cc(OP)c(OP)cc2C1=O. The van der Waals surface area contributed by atoms with Crippen LogP contribution in [-0.2, 0) is 6.42 Å². The predicted octanol–water partition coefficient (Wildman–Crippen LogP) is 2.66. The number of carbonyl (C=O) groups is 2. The number of pyridine rings is 1. The predicted molar refractivity (Wildman–Crippen MR) is 87.2 cm³/mol. The van der Waals surface area contributed by atoms with Crippen LogP contribution in [0.5, 0.6) is 11.5 Å². The zero-order valence-corrected chi connectivity index (χ0v) is 13.8. The van der Waals surface area contributed by atoms with Crippen molar-refractivity contribution in [3.63, 3.8) is 0 Å². The third-order valence-corrected chi connectivity index (χ3v) is 4.22. The van der Waals surface area contributed by atoms with Gasteiger partial charge in [-0.2, -0.15) is 0 Å². The number of hydrogen-bond donors (Lipinski definition) is 0. The smallest absolute Gasteiger partial charge is 0.174 e. The molecule has 0 radical (unpaired) electrons. The molecule has 0 bridgehead atoms. The molecule has 0 spiro atoms. The van der Waals surface area contributed by atoms with Crippen LogP contribution in [0.1, 0.15) is 26.3 Å². The van der Waals surface area contributed by atoms with E-state index in [0.717, 1.165) is 5.56 Å². The highest BCUT2D eigenvalue weighted by molar-refractivity contribution is 7.10. The van der Waals surface area contributed by atoms with Gasteiger partial charge < -0.3 is 9.05 Å². The second-order valence-corrected chi connectivity index (χ2v) is 5.38. The summed E-state index contributed by atoms with van der Waals surface area (Å²) in [7, 11) is 4.26. The van der Waals surface area contributed by atoms with Crippen molar-refractivity contribution in [3.05, 3.63) is 53.3 Å². The molecule has 1 aromatic heterocycles. The molecule has 1 heterocycles. The fourth-order valence-electron chi connectivity index (χ4n) is 2.61. The number of fused-ring (bicyclic) bond motifs is 1. The molecule has 5 nitrogen and oxygen atoms in total. The maximum Gasteiger partial charge on any atom is 0.174 e. The van der Waals surface area contributed by atoms with Crippen LogP contribution < -0.4 is 9.05 Å². The van der Waals surface area contributed by atoms with Gasteiger partial charge in [0.2, 0.25) is 0 Å². The number of carbonyl (C=O) groups excluding carboxylic acids is 2. The van der Waals surface area contributed by atoms with E-state index in [2.05, 4.69) is 23.9 Å². The lowest BCUT2D eigenvalue weighted by molar-refractivity contribution is 0.0822. The first kappa shape index (κ1) is 15.1. The van der Waals surface area contributed by atoms with Crippen LogP contribution in [0.3, 0.4) is 0 Å². The van der Waals surface area contributed by atoms with Crippen molar-refractivity contribution in [3.8, 4) is 11.5 Å². The summed E-state index contributed by atoms with van der Waals surface area (Å²) in [4.78, 5) is 28.9. The van der Waals surface area contributed by atoms with Crippen LogP contribution in [0.2, 0.25) is 0 Å². The summed E-state index contributed by atoms with van der Waals surface area (Å²) in [6, 6.07) is 6.59. The number of rotatable bonds is 4. The Morgan fingerprint density at radius 2 is 1.77 bits per heavy atom. The number of ketones is 2. The average molecular weight is 333 g/mol. The molecule has 0 aliphatic heterocycles. The van der Waals surface area contributed by atoms with Crippen molar-refractivity contribution >= 4 is 30.5 Å². The standard InChI is InChI=1S/C15H13NO4P2/c17-14(8-1-3-16-4-2-8)11-5-9-6-12(19-21)13(20-22)7-10(9)15(11)18/h1-4,6-7,11H,5,21-22H2. The minimum Gasteiger partial charge on any atom is -0.476 e. The zero-order chi connectivity index (χ0) is 15.7. The lowest BCUT2D eigenvalue weighted by Crippen LogP contribution is -2.20. The first-order chi connectivity index (χ1) is 10.7. The van der Waals surface area contributed by atoms with Crippen molar-refractivity contribution < 1.29 is 18.6 Å². The van der Waals surface area contributed by atoms with Gasteiger partial charge in [-0.25, -0.2) is 0 Å². The van der Waals surface area contributed by atoms with Gasteiger partial charge in [-0.05, 0) is 36.2 Å². The van der Waals surface area contributed by atoms with E-state index < -0.39 is 5.92 Å². The van der Waals surface area contributed by atoms with E-state index in [1.165, 1.54) is 0 Å². The van der Waals surface area contributed by atoms with E-state index >= 15 is 0 Å². The summed E-state index contributed by atoms with van der Waals surface area (Å²) >= 11 is 0. The molecule has 0 N–H and O–H groups in total. The molecule has 1 aromatic carbocycles. The maximum absolute atomic E-state index is 12.5. The highest BCUT2D eigenvalue weighted by atomic mass is 31.0. The van der Waals surface area contributed by atoms with Gasteiger partial charge in [0.15, 0.2) is 23.1 Å². The van der Waals surface area contributed by atoms with Gasteiger partial charge in [0.1, 0.15) is 0 Å². The highest BCUT2D eigenvalue weighted by Crippen LogP contribution is 2.39. The first-order valence-corrected chi connectivity index (χ1v) is 7.48. The fraction of sp³-hybridized carbons (Fsp3) is 0.133. The minimum atomic E-state index is -0.700. The number of Topliss-reactive ketones (excluding diaryl/α,β-unsaturated/α-hetero) is 2. The summed E-state index contributed by atoms with van der Waals surface area (Å²) < 4.78 is 10.3. The van der Waals surface area contributed by atoms with E-state index in [-0.39, 0.29) is 11.6 Å². The molecule has 3 rings (SSSR count). The lowest BCUT2D eigenvalue weighted by atomic mass is 9.95. The molecule has 0 fully saturated rings. The molecular weight excluding hydrogens is 320 g/mol. The Labute approximate surface area is 132 Å². The molecule has 0 amide bonds. The summed E-state index contributed by atoms with van der Waals surface area (Å²) in [6.07, 6.45) is 3.45. The van der Waals surface area contributed by atoms with Gasteiger partial charge in [0, 0.05) is 23.5 Å². The third-order valence-electron chi connectivity index (χ3n) is 3.71. The van der Waals surface area contributed by atoms with Crippen molar-refractivity contribution in [2.75, 3.05) is 0 Å². The summed E-state index contributed by atoms with van der Waals surface area (Å²) in [5.74, 6) is -0.136. The van der Waals surface area contributed by atoms with Crippen LogP contribution in [0.4, 0.5) is 0 Å². The van der Waals surface area contributed by atoms with E-state index in [0.29, 0.717) is 29.0 Å². The topological polar surface area (TPSA) is 65.5 Å². The van der Waals surface area contributed by atoms with E-state index in [1.807, 2.05) is 0 Å². The van der Waals surface area contributed by atoms with Crippen molar-refractivity contribution in [1.29, 1.82) is 0 Å². The third kappa shape index (κ3) is 2.51. The Kier molecular flexibility index (Phi) is 4.19. The molecule has 2 aromatic rings. The van der Waals surface area contributed by atoms with Gasteiger partial charge in [-0.1, -0.05) is 0 Å². The van der Waals surface area contributed by atoms with Crippen LogP contribution in [0.25, 0.3) is 0 Å². The minimum absolute atomic E-state index is 0.185. The van der Waals surface area contributed by atoms with Gasteiger partial charge in [-0.15, -0.1) is 0 Å². The van der Waals surface area contributed by atoms with E-state index in [1.54, 1.807) is 36.7 Å². The monoisotopic (exact) mass is 333 g/mol. The molecule has 22 heavy (non-hydrogen) atoms. The normalized spacial score (nSPS) is 16.3. The molecule has 3 atom stereocenters. The molecule has 0 saturated carbocycles. The second kappa shape index (κ2) is 6.12. The molecule has 3 unspecified atom stereocenters. The van der Waals surface area contributed by atoms with Crippen LogP contribution in [0.15, 0.2) is 36.7 Å². The molecule has 1 aliphatic carbocycles. The maximum atomic E-state index is 12.5. The summed E-state index contributed by atoms with van der Waals surface area (Å²) in [5.41, 5.74) is 1.79. The molecule has 1 aliphatic rings. The Hall–Kier alpha value is -1.83. The second-order valence-electron chi connectivity index (χ2n) is 4.91. The molecular formula is C15H13NO4P2. The quantitative estimate of drug-likeness (QED) is 0.489. The largest absolute Gasteiger partial charge is 0.476 e. The number of hydrogen-bond acceptors (Lipinski definition) is 5. The number of aromatic nitrogens is 1. The molecule has 0 saturated heterocycles. The van der Waals surface area contributed by atoms with Crippen molar-refractivity contribution in [1.82, 2.24) is 4.98 Å². The summed E-state index contributed by atoms with van der Waals surface area (Å²) in [5, 5.41) is 0. The van der Waals surface area contributed by atoms with E-state index in [9.17, 15) is 9.59 Å². The Morgan fingerprint density at radius 3 is 2.41 bits per heavy atom. The van der Waals surface area contributed by atoms with E-state index in [4.69, 9.17) is 9.05 Å². The fourth-order valence-corrected chi connectivity index (χ4v) is 2.98. The van der Waals surface area contributed by atoms with Crippen LogP contribution in [0, 0.1) is 5.92 Å². The first-order valence-electron chi connectivity index (χ1n) is 6.54. The molecule has 7 heteroatoms. The van der Waals surface area contributed by atoms with Gasteiger partial charge in [0.25, 0.3) is 0 Å². The van der Waals surface area contributed by atoms with Crippen LogP contribution in [-0.4, -0.2) is 16.6 Å². The summed E-state index contributed by atoms with van der Waals surface area (Å²) in [6.45, 7) is 0. The van der Waals surface area contributed by atoms with Gasteiger partial charge >= 0.3 is 0 Å². The molecule has 112 valence electrons. The number of benzene rings is 1. The Balaban J connectivity index is 1.96.